The molecule has 4 atom stereocenters. The SMILES string of the molecule is CN(C)c1cc(C(=O)OCC(F)(F)F)c(O)c2c1CC1CC3C(C(=N)C(C(N)=O)=C(O)[C@H]3N(C)C)C(=O)C1=C2O. The number of aliphatic hydroxyl groups is 2. The van der Waals surface area contributed by atoms with Crippen molar-refractivity contribution in [2.75, 3.05) is 39.7 Å². The minimum Gasteiger partial charge on any atom is -0.510 e. The summed E-state index contributed by atoms with van der Waals surface area (Å²) in [6.45, 7) is -1.89. The number of carbonyl (C=O) groups is 3. The van der Waals surface area contributed by atoms with Gasteiger partial charge in [-0.1, -0.05) is 0 Å². The number of aliphatic hydroxyl groups excluding tert-OH is 2. The fourth-order valence-electron chi connectivity index (χ4n) is 6.15. The number of ether oxygens (including phenoxy) is 1. The maximum absolute atomic E-state index is 13.9. The number of alkyl halides is 3. The summed E-state index contributed by atoms with van der Waals surface area (Å²) in [5.74, 6) is -7.80. The lowest BCUT2D eigenvalue weighted by Crippen LogP contribution is -2.55. The maximum atomic E-state index is 13.9. The van der Waals surface area contributed by atoms with Gasteiger partial charge in [0.15, 0.2) is 12.4 Å². The zero-order valence-electron chi connectivity index (χ0n) is 22.1. The van der Waals surface area contributed by atoms with E-state index in [0.717, 1.165) is 6.07 Å². The molecule has 1 saturated carbocycles. The molecule has 0 aromatic heterocycles. The Morgan fingerprint density at radius 3 is 2.33 bits per heavy atom. The molecule has 14 heteroatoms. The number of nitrogens with zero attached hydrogens (tertiary/aromatic N) is 2. The number of carbonyl (C=O) groups excluding carboxylic acids is 3. The van der Waals surface area contributed by atoms with E-state index in [9.17, 15) is 42.9 Å². The van der Waals surface area contributed by atoms with Crippen molar-refractivity contribution in [3.8, 4) is 5.75 Å². The van der Waals surface area contributed by atoms with Crippen molar-refractivity contribution in [3.05, 3.63) is 39.7 Å². The Bertz CT molecular complexity index is 1400. The van der Waals surface area contributed by atoms with E-state index in [1.54, 1.807) is 33.1 Å². The highest BCUT2D eigenvalue weighted by Gasteiger charge is 2.54. The molecule has 3 aliphatic rings. The molecular formula is C26H29F3N4O7. The van der Waals surface area contributed by atoms with Gasteiger partial charge in [0.05, 0.1) is 28.8 Å². The molecule has 3 unspecified atom stereocenters. The van der Waals surface area contributed by atoms with Crippen LogP contribution in [0.15, 0.2) is 23.0 Å². The number of phenols is 1. The summed E-state index contributed by atoms with van der Waals surface area (Å²) in [7, 11) is 6.45. The molecule has 0 aliphatic heterocycles. The minimum atomic E-state index is -4.81. The van der Waals surface area contributed by atoms with Crippen LogP contribution in [0.1, 0.15) is 27.9 Å². The predicted octanol–water partition coefficient (Wildman–Crippen LogP) is 2.08. The second kappa shape index (κ2) is 9.84. The molecule has 0 radical (unpaired) electrons. The molecule has 11 nitrogen and oxygen atoms in total. The molecule has 216 valence electrons. The average molecular weight is 567 g/mol. The van der Waals surface area contributed by atoms with Gasteiger partial charge in [0.25, 0.3) is 5.91 Å². The summed E-state index contributed by atoms with van der Waals surface area (Å²) < 4.78 is 42.3. The summed E-state index contributed by atoms with van der Waals surface area (Å²) in [5.41, 5.74) is 3.99. The average Bonchev–Trinajstić information content (AvgIpc) is 2.81. The molecule has 6 N–H and O–H groups in total. The largest absolute Gasteiger partial charge is 0.510 e. The fraction of sp³-hybridized carbons (Fsp3) is 0.462. The van der Waals surface area contributed by atoms with Gasteiger partial charge in [-0.05, 0) is 50.4 Å². The number of nitrogens with one attached hydrogen (secondary N) is 1. The number of benzene rings is 1. The Balaban J connectivity index is 1.88. The lowest BCUT2D eigenvalue weighted by Gasteiger charge is -2.47. The molecule has 1 fully saturated rings. The van der Waals surface area contributed by atoms with Gasteiger partial charge in [0.1, 0.15) is 22.8 Å². The third-order valence-electron chi connectivity index (χ3n) is 7.66. The van der Waals surface area contributed by atoms with Gasteiger partial charge in [0, 0.05) is 25.4 Å². The lowest BCUT2D eigenvalue weighted by molar-refractivity contribution is -0.161. The number of hydrogen-bond acceptors (Lipinski definition) is 10. The number of esters is 1. The summed E-state index contributed by atoms with van der Waals surface area (Å²) in [6.07, 6.45) is -4.53. The number of Topliss-reactive ketones (excluding diaryl/α,β-unsaturated/α-hetero) is 1. The number of likely N-dealkylation sites (N-methyl/N-ethyl adjacent to an activating group) is 1. The van der Waals surface area contributed by atoms with Crippen LogP contribution < -0.4 is 10.6 Å². The molecule has 1 amide bonds. The van der Waals surface area contributed by atoms with E-state index in [-0.39, 0.29) is 24.0 Å². The Morgan fingerprint density at radius 2 is 1.80 bits per heavy atom. The van der Waals surface area contributed by atoms with Gasteiger partial charge >= 0.3 is 12.1 Å². The maximum Gasteiger partial charge on any atom is 0.422 e. The van der Waals surface area contributed by atoms with E-state index < -0.39 is 88.4 Å². The zero-order valence-corrected chi connectivity index (χ0v) is 22.1. The van der Waals surface area contributed by atoms with Crippen molar-refractivity contribution in [1.29, 1.82) is 5.41 Å². The van der Waals surface area contributed by atoms with Crippen LogP contribution in [0.5, 0.6) is 5.75 Å². The quantitative estimate of drug-likeness (QED) is 0.334. The number of hydrogen-bond donors (Lipinski definition) is 5. The first kappa shape index (κ1) is 28.9. The number of aromatic hydroxyl groups is 1. The second-order valence-electron chi connectivity index (χ2n) is 10.6. The predicted molar refractivity (Wildman–Crippen MR) is 136 cm³/mol. The smallest absolute Gasteiger partial charge is 0.422 e. The van der Waals surface area contributed by atoms with Crippen molar-refractivity contribution in [2.45, 2.75) is 25.1 Å². The van der Waals surface area contributed by atoms with E-state index >= 15 is 0 Å². The molecule has 1 aromatic rings. The first-order chi connectivity index (χ1) is 18.5. The summed E-state index contributed by atoms with van der Waals surface area (Å²) >= 11 is 0. The lowest BCUT2D eigenvalue weighted by atomic mass is 9.59. The van der Waals surface area contributed by atoms with E-state index in [1.165, 1.54) is 4.90 Å². The first-order valence-corrected chi connectivity index (χ1v) is 12.2. The summed E-state index contributed by atoms with van der Waals surface area (Å²) in [5, 5.41) is 41.8. The Labute approximate surface area is 226 Å². The molecule has 0 saturated heterocycles. The van der Waals surface area contributed by atoms with Gasteiger partial charge in [-0.2, -0.15) is 13.2 Å². The standard InChI is InChI=1S/C26H29F3N4O7/c1-32(2)13-7-12(25(39)40-8-26(27,28)29)20(34)16-10(13)5-9-6-11-15(21(35)14(9)22(16)36)18(30)17(24(31)38)23(37)19(11)33(3)4/h7,9,11,15,19,30,34,36-37H,5-6,8H2,1-4H3,(H2,31,38)/t9?,11?,15?,19-/m0/s1. The number of amides is 1. The summed E-state index contributed by atoms with van der Waals surface area (Å²) in [4.78, 5) is 41.7. The van der Waals surface area contributed by atoms with Crippen LogP contribution in [0, 0.1) is 23.2 Å². The monoisotopic (exact) mass is 566 g/mol. The Morgan fingerprint density at radius 1 is 1.18 bits per heavy atom. The molecule has 1 aromatic carbocycles. The van der Waals surface area contributed by atoms with Gasteiger partial charge in [-0.15, -0.1) is 0 Å². The van der Waals surface area contributed by atoms with E-state index in [1.807, 2.05) is 0 Å². The van der Waals surface area contributed by atoms with Crippen molar-refractivity contribution in [2.24, 2.45) is 23.5 Å². The first-order valence-electron chi connectivity index (χ1n) is 12.2. The highest BCUT2D eigenvalue weighted by molar-refractivity contribution is 6.29. The highest BCUT2D eigenvalue weighted by Crippen LogP contribution is 2.52. The van der Waals surface area contributed by atoms with Gasteiger partial charge in [-0.3, -0.25) is 14.5 Å². The third-order valence-corrected chi connectivity index (χ3v) is 7.66. The van der Waals surface area contributed by atoms with E-state index in [0.29, 0.717) is 11.3 Å². The van der Waals surface area contributed by atoms with E-state index in [4.69, 9.17) is 11.1 Å². The summed E-state index contributed by atoms with van der Waals surface area (Å²) in [6, 6.07) is 0.328. The van der Waals surface area contributed by atoms with Gasteiger partial charge in [0.2, 0.25) is 0 Å². The molecule has 0 bridgehead atoms. The Kier molecular flexibility index (Phi) is 7.12. The van der Waals surface area contributed by atoms with Crippen molar-refractivity contribution < 1.29 is 47.6 Å². The van der Waals surface area contributed by atoms with Gasteiger partial charge in [-0.25, -0.2) is 4.79 Å². The highest BCUT2D eigenvalue weighted by atomic mass is 19.4. The number of phenolic OH excluding ortho intramolecular Hbond substituents is 1. The van der Waals surface area contributed by atoms with Crippen molar-refractivity contribution >= 4 is 34.8 Å². The normalized spacial score (nSPS) is 24.5. The number of anilines is 1. The number of allylic oxidation sites excluding steroid dienone is 1. The second-order valence-corrected chi connectivity index (χ2v) is 10.6. The fourth-order valence-corrected chi connectivity index (χ4v) is 6.15. The van der Waals surface area contributed by atoms with Crippen LogP contribution in [0.25, 0.3) is 5.76 Å². The zero-order chi connectivity index (χ0) is 30.0. The van der Waals surface area contributed by atoms with Crippen LogP contribution in [-0.4, -0.2) is 90.6 Å². The van der Waals surface area contributed by atoms with Crippen LogP contribution in [0.3, 0.4) is 0 Å². The number of halogens is 3. The van der Waals surface area contributed by atoms with E-state index in [2.05, 4.69) is 4.74 Å². The van der Waals surface area contributed by atoms with Gasteiger partial charge < -0.3 is 36.1 Å². The molecule has 0 heterocycles. The number of rotatable bonds is 5. The molecular weight excluding hydrogens is 537 g/mol. The molecule has 4 rings (SSSR count). The van der Waals surface area contributed by atoms with Crippen LogP contribution in [0.2, 0.25) is 0 Å². The minimum absolute atomic E-state index is 0.0866. The number of nitrogens with two attached hydrogens (primary N) is 1. The Hall–Kier alpha value is -4.07. The molecule has 0 spiro atoms. The topological polar surface area (TPSA) is 177 Å². The number of primary amides is 1. The van der Waals surface area contributed by atoms with Crippen LogP contribution >= 0.6 is 0 Å². The van der Waals surface area contributed by atoms with Crippen molar-refractivity contribution in [3.63, 3.8) is 0 Å². The number of fused-ring (bicyclic) bond motifs is 3. The third kappa shape index (κ3) is 4.55. The number of ketones is 1. The molecule has 40 heavy (non-hydrogen) atoms. The van der Waals surface area contributed by atoms with Crippen molar-refractivity contribution in [1.82, 2.24) is 4.90 Å². The van der Waals surface area contributed by atoms with Crippen LogP contribution in [0.4, 0.5) is 18.9 Å². The van der Waals surface area contributed by atoms with Crippen LogP contribution in [-0.2, 0) is 20.7 Å². The molecule has 3 aliphatic carbocycles.